The minimum atomic E-state index is 0.0491. The van der Waals surface area contributed by atoms with E-state index in [4.69, 9.17) is 0 Å². The molecule has 1 saturated heterocycles. The summed E-state index contributed by atoms with van der Waals surface area (Å²) >= 11 is 3.44. The fourth-order valence-electron chi connectivity index (χ4n) is 2.23. The number of aryl methyl sites for hydroxylation is 1. The topological polar surface area (TPSA) is 20.3 Å². The van der Waals surface area contributed by atoms with Gasteiger partial charge in [-0.1, -0.05) is 46.3 Å². The van der Waals surface area contributed by atoms with Crippen molar-refractivity contribution in [2.24, 2.45) is 0 Å². The largest absolute Gasteiger partial charge is 0.342 e. The van der Waals surface area contributed by atoms with E-state index < -0.39 is 0 Å². The Hall–Kier alpha value is -0.830. The quantitative estimate of drug-likeness (QED) is 0.782. The van der Waals surface area contributed by atoms with Crippen molar-refractivity contribution in [1.82, 2.24) is 4.90 Å². The van der Waals surface area contributed by atoms with E-state index >= 15 is 0 Å². The number of amides is 1. The number of alkyl halides is 1. The lowest BCUT2D eigenvalue weighted by atomic mass is 10.1. The predicted octanol–water partition coefficient (Wildman–Crippen LogP) is 3.01. The van der Waals surface area contributed by atoms with Gasteiger partial charge in [-0.3, -0.25) is 4.79 Å². The second-order valence-electron chi connectivity index (χ2n) is 4.52. The molecular formula is C14H18BrNO. The molecule has 3 heteroatoms. The minimum absolute atomic E-state index is 0.0491. The van der Waals surface area contributed by atoms with Gasteiger partial charge in [0.2, 0.25) is 5.91 Å². The van der Waals surface area contributed by atoms with Crippen LogP contribution in [0.5, 0.6) is 0 Å². The summed E-state index contributed by atoms with van der Waals surface area (Å²) in [5.74, 6) is 0.268. The van der Waals surface area contributed by atoms with Crippen LogP contribution in [0.4, 0.5) is 0 Å². The number of carbonyl (C=O) groups excluding carboxylic acids is 1. The van der Waals surface area contributed by atoms with Crippen LogP contribution >= 0.6 is 15.9 Å². The molecule has 92 valence electrons. The molecule has 0 radical (unpaired) electrons. The van der Waals surface area contributed by atoms with Crippen LogP contribution < -0.4 is 0 Å². The maximum atomic E-state index is 11.8. The number of carbonyl (C=O) groups is 1. The summed E-state index contributed by atoms with van der Waals surface area (Å²) in [4.78, 5) is 13.9. The molecule has 1 aliphatic heterocycles. The first-order valence-corrected chi connectivity index (χ1v) is 7.16. The van der Waals surface area contributed by atoms with E-state index in [0.29, 0.717) is 0 Å². The van der Waals surface area contributed by atoms with Gasteiger partial charge in [-0.25, -0.2) is 0 Å². The third-order valence-electron chi connectivity index (χ3n) is 3.20. The van der Waals surface area contributed by atoms with Gasteiger partial charge >= 0.3 is 0 Å². The van der Waals surface area contributed by atoms with Gasteiger partial charge in [0.15, 0.2) is 0 Å². The number of benzene rings is 1. The molecule has 1 heterocycles. The number of likely N-dealkylation sites (tertiary alicyclic amines) is 1. The summed E-state index contributed by atoms with van der Waals surface area (Å²) in [5, 5.41) is 0. The Morgan fingerprint density at radius 1 is 1.29 bits per heavy atom. The fourth-order valence-corrected chi connectivity index (χ4v) is 2.85. The van der Waals surface area contributed by atoms with Crippen LogP contribution in [-0.2, 0) is 11.2 Å². The zero-order chi connectivity index (χ0) is 12.1. The molecule has 1 aliphatic rings. The lowest BCUT2D eigenvalue weighted by Crippen LogP contribution is -2.42. The Kier molecular flexibility index (Phi) is 4.60. The van der Waals surface area contributed by atoms with Crippen molar-refractivity contribution in [3.8, 4) is 0 Å². The van der Waals surface area contributed by atoms with E-state index in [1.165, 1.54) is 5.56 Å². The van der Waals surface area contributed by atoms with E-state index in [2.05, 4.69) is 40.2 Å². The molecule has 17 heavy (non-hydrogen) atoms. The highest BCUT2D eigenvalue weighted by Gasteiger charge is 2.25. The molecule has 1 aromatic carbocycles. The van der Waals surface area contributed by atoms with Crippen LogP contribution in [-0.4, -0.2) is 28.7 Å². The van der Waals surface area contributed by atoms with Gasteiger partial charge in [-0.05, 0) is 31.2 Å². The molecule has 2 nitrogen and oxygen atoms in total. The number of rotatable bonds is 4. The van der Waals surface area contributed by atoms with E-state index in [1.54, 1.807) is 0 Å². The molecule has 0 aromatic heterocycles. The van der Waals surface area contributed by atoms with Crippen LogP contribution in [0.3, 0.4) is 0 Å². The molecule has 1 aromatic rings. The molecule has 1 amide bonds. The van der Waals surface area contributed by atoms with Gasteiger partial charge in [0.1, 0.15) is 0 Å². The highest BCUT2D eigenvalue weighted by Crippen LogP contribution is 2.18. The number of piperidine rings is 1. The van der Waals surface area contributed by atoms with Crippen molar-refractivity contribution in [2.75, 3.05) is 13.1 Å². The predicted molar refractivity (Wildman–Crippen MR) is 73.3 cm³/mol. The van der Waals surface area contributed by atoms with Crippen molar-refractivity contribution in [3.05, 3.63) is 35.9 Å². The van der Waals surface area contributed by atoms with E-state index in [0.717, 1.165) is 38.8 Å². The number of hydrogen-bond donors (Lipinski definition) is 0. The molecule has 0 spiro atoms. The molecule has 1 fully saturated rings. The molecular weight excluding hydrogens is 278 g/mol. The third-order valence-corrected chi connectivity index (χ3v) is 4.05. The van der Waals surface area contributed by atoms with Gasteiger partial charge in [0, 0.05) is 13.1 Å². The first-order chi connectivity index (χ1) is 8.27. The molecule has 1 unspecified atom stereocenters. The van der Waals surface area contributed by atoms with Crippen LogP contribution in [0.25, 0.3) is 0 Å². The van der Waals surface area contributed by atoms with Crippen molar-refractivity contribution in [3.63, 3.8) is 0 Å². The summed E-state index contributed by atoms with van der Waals surface area (Å²) in [6.07, 6.45) is 4.20. The molecule has 1 atom stereocenters. The Morgan fingerprint density at radius 2 is 2.06 bits per heavy atom. The monoisotopic (exact) mass is 295 g/mol. The summed E-state index contributed by atoms with van der Waals surface area (Å²) in [6.45, 7) is 1.81. The van der Waals surface area contributed by atoms with Crippen LogP contribution in [0.15, 0.2) is 30.3 Å². The lowest BCUT2D eigenvalue weighted by Gasteiger charge is -2.29. The van der Waals surface area contributed by atoms with Crippen LogP contribution in [0, 0.1) is 0 Å². The second-order valence-corrected chi connectivity index (χ2v) is 5.63. The Balaban J connectivity index is 1.77. The van der Waals surface area contributed by atoms with Gasteiger partial charge in [-0.2, -0.15) is 0 Å². The Morgan fingerprint density at radius 3 is 2.82 bits per heavy atom. The van der Waals surface area contributed by atoms with Gasteiger partial charge in [-0.15, -0.1) is 0 Å². The maximum Gasteiger partial charge on any atom is 0.236 e. The van der Waals surface area contributed by atoms with Crippen molar-refractivity contribution in [2.45, 2.75) is 30.5 Å². The highest BCUT2D eigenvalue weighted by molar-refractivity contribution is 9.10. The smallest absolute Gasteiger partial charge is 0.236 e. The van der Waals surface area contributed by atoms with Gasteiger partial charge < -0.3 is 4.90 Å². The molecule has 0 bridgehead atoms. The zero-order valence-electron chi connectivity index (χ0n) is 9.94. The normalized spacial score (nSPS) is 20.6. The first kappa shape index (κ1) is 12.6. The van der Waals surface area contributed by atoms with Crippen molar-refractivity contribution >= 4 is 21.8 Å². The number of halogens is 1. The van der Waals surface area contributed by atoms with Gasteiger partial charge in [0.25, 0.3) is 0 Å². The zero-order valence-corrected chi connectivity index (χ0v) is 11.5. The van der Waals surface area contributed by atoms with Crippen molar-refractivity contribution < 1.29 is 4.79 Å². The van der Waals surface area contributed by atoms with Gasteiger partial charge in [0.05, 0.1) is 4.83 Å². The maximum absolute atomic E-state index is 11.8. The summed E-state index contributed by atoms with van der Waals surface area (Å²) in [6, 6.07) is 10.5. The third kappa shape index (κ3) is 3.56. The van der Waals surface area contributed by atoms with E-state index in [9.17, 15) is 4.79 Å². The average molecular weight is 296 g/mol. The Labute approximate surface area is 111 Å². The highest BCUT2D eigenvalue weighted by atomic mass is 79.9. The molecule has 0 saturated carbocycles. The lowest BCUT2D eigenvalue weighted by molar-refractivity contribution is -0.132. The number of nitrogens with zero attached hydrogens (tertiary/aromatic N) is 1. The fraction of sp³-hybridized carbons (Fsp3) is 0.500. The summed E-state index contributed by atoms with van der Waals surface area (Å²) < 4.78 is 0. The molecule has 0 N–H and O–H groups in total. The summed E-state index contributed by atoms with van der Waals surface area (Å²) in [5.41, 5.74) is 1.35. The second kappa shape index (κ2) is 6.20. The van der Waals surface area contributed by atoms with Crippen LogP contribution in [0.2, 0.25) is 0 Å². The SMILES string of the molecule is O=C1C(Br)CCCN1CCCc1ccccc1. The van der Waals surface area contributed by atoms with E-state index in [1.807, 2.05) is 11.0 Å². The standard InChI is InChI=1S/C14H18BrNO/c15-13-9-5-11-16(14(13)17)10-4-8-12-6-2-1-3-7-12/h1-3,6-7,13H,4-5,8-11H2. The summed E-state index contributed by atoms with van der Waals surface area (Å²) in [7, 11) is 0. The minimum Gasteiger partial charge on any atom is -0.342 e. The van der Waals surface area contributed by atoms with Crippen molar-refractivity contribution in [1.29, 1.82) is 0 Å². The molecule has 0 aliphatic carbocycles. The molecule has 2 rings (SSSR count). The van der Waals surface area contributed by atoms with Crippen LogP contribution in [0.1, 0.15) is 24.8 Å². The number of hydrogen-bond acceptors (Lipinski definition) is 1. The first-order valence-electron chi connectivity index (χ1n) is 6.24. The average Bonchev–Trinajstić information content (AvgIpc) is 2.36. The Bertz CT molecular complexity index is 366. The van der Waals surface area contributed by atoms with E-state index in [-0.39, 0.29) is 10.7 Å².